The summed E-state index contributed by atoms with van der Waals surface area (Å²) in [4.78, 5) is 27.8. The molecule has 1 aliphatic heterocycles. The largest absolute Gasteiger partial charge is 0.344 e. The first-order chi connectivity index (χ1) is 9.68. The zero-order valence-corrected chi connectivity index (χ0v) is 15.2. The molecule has 1 aromatic heterocycles. The molecule has 1 N–H and O–H groups in total. The quantitative estimate of drug-likeness (QED) is 0.866. The third-order valence-electron chi connectivity index (χ3n) is 3.67. The molecule has 6 heteroatoms. The molecule has 2 heterocycles. The summed E-state index contributed by atoms with van der Waals surface area (Å²) in [5, 5.41) is 2.88. The van der Waals surface area contributed by atoms with Crippen molar-refractivity contribution in [3.05, 3.63) is 20.8 Å². The van der Waals surface area contributed by atoms with E-state index in [-0.39, 0.29) is 23.3 Å². The minimum Gasteiger partial charge on any atom is -0.344 e. The van der Waals surface area contributed by atoms with Gasteiger partial charge in [0.1, 0.15) is 6.04 Å². The fourth-order valence-electron chi connectivity index (χ4n) is 2.47. The van der Waals surface area contributed by atoms with E-state index >= 15 is 0 Å². The number of hydrogen-bond donors (Lipinski definition) is 1. The highest BCUT2D eigenvalue weighted by atomic mass is 79.9. The van der Waals surface area contributed by atoms with Crippen LogP contribution < -0.4 is 5.32 Å². The van der Waals surface area contributed by atoms with E-state index in [1.165, 1.54) is 0 Å². The summed E-state index contributed by atoms with van der Waals surface area (Å²) in [6.45, 7) is 8.42. The molecule has 0 spiro atoms. The Hall–Kier alpha value is -0.880. The molecule has 2 atom stereocenters. The second kappa shape index (κ2) is 6.08. The Kier molecular flexibility index (Phi) is 4.78. The minimum atomic E-state index is -0.474. The summed E-state index contributed by atoms with van der Waals surface area (Å²) in [5.41, 5.74) is -0.301. The van der Waals surface area contributed by atoms with Crippen LogP contribution >= 0.6 is 27.3 Å². The molecule has 0 radical (unpaired) electrons. The summed E-state index contributed by atoms with van der Waals surface area (Å²) in [5.74, 6) is -0.0454. The highest BCUT2D eigenvalue weighted by Gasteiger charge is 2.40. The zero-order chi connectivity index (χ0) is 15.8. The minimum absolute atomic E-state index is 0.00497. The molecule has 4 nitrogen and oxygen atoms in total. The van der Waals surface area contributed by atoms with Gasteiger partial charge in [-0.3, -0.25) is 9.59 Å². The number of amides is 2. The summed E-state index contributed by atoms with van der Waals surface area (Å²) in [7, 11) is 0. The van der Waals surface area contributed by atoms with Gasteiger partial charge in [-0.2, -0.15) is 0 Å². The predicted octanol–water partition coefficient (Wildman–Crippen LogP) is 3.16. The Bertz CT molecular complexity index is 550. The summed E-state index contributed by atoms with van der Waals surface area (Å²) < 4.78 is 1.05. The maximum Gasteiger partial charge on any atom is 0.246 e. The van der Waals surface area contributed by atoms with Gasteiger partial charge in [0, 0.05) is 17.3 Å². The van der Waals surface area contributed by atoms with Gasteiger partial charge in [0.05, 0.1) is 10.3 Å². The molecular formula is C15H21BrN2O2S. The first-order valence-corrected chi connectivity index (χ1v) is 8.63. The summed E-state index contributed by atoms with van der Waals surface area (Å²) >= 11 is 5.06. The molecule has 0 aromatic carbocycles. The first-order valence-electron chi connectivity index (χ1n) is 7.02. The average molecular weight is 373 g/mol. The van der Waals surface area contributed by atoms with Crippen LogP contribution in [0.3, 0.4) is 0 Å². The van der Waals surface area contributed by atoms with Gasteiger partial charge in [-0.25, -0.2) is 0 Å². The van der Waals surface area contributed by atoms with Crippen LogP contribution in [-0.2, 0) is 16.1 Å². The maximum atomic E-state index is 12.9. The molecule has 2 amide bonds. The van der Waals surface area contributed by atoms with Gasteiger partial charge in [-0.05, 0) is 40.4 Å². The number of thiophene rings is 1. The molecular weight excluding hydrogens is 352 g/mol. The van der Waals surface area contributed by atoms with Crippen LogP contribution in [0.25, 0.3) is 0 Å². The fraction of sp³-hybridized carbons (Fsp3) is 0.600. The van der Waals surface area contributed by atoms with Crippen LogP contribution in [-0.4, -0.2) is 28.8 Å². The molecule has 1 aromatic rings. The molecule has 1 saturated heterocycles. The van der Waals surface area contributed by atoms with Crippen molar-refractivity contribution in [3.8, 4) is 0 Å². The van der Waals surface area contributed by atoms with E-state index < -0.39 is 6.04 Å². The van der Waals surface area contributed by atoms with Gasteiger partial charge in [0.2, 0.25) is 11.8 Å². The second-order valence-corrected chi connectivity index (χ2v) is 9.14. The predicted molar refractivity (Wildman–Crippen MR) is 88.0 cm³/mol. The standard InChI is InChI=1S/C15H21BrN2O2S/c1-9-7-12(19)17-13(15(2,3)4)14(20)18(9)8-10-5-6-11(16)21-10/h5-6,9,13H,7-8H2,1-4H3,(H,17,19). The lowest BCUT2D eigenvalue weighted by molar-refractivity contribution is -0.138. The second-order valence-electron chi connectivity index (χ2n) is 6.59. The number of nitrogens with one attached hydrogen (secondary N) is 1. The SMILES string of the molecule is CC1CC(=O)NC(C(C)(C)C)C(=O)N1Cc1ccc(Br)s1. The van der Waals surface area contributed by atoms with E-state index in [4.69, 9.17) is 0 Å². The number of rotatable bonds is 2. The van der Waals surface area contributed by atoms with Crippen LogP contribution in [0.4, 0.5) is 0 Å². The lowest BCUT2D eigenvalue weighted by atomic mass is 9.86. The topological polar surface area (TPSA) is 49.4 Å². The van der Waals surface area contributed by atoms with Crippen molar-refractivity contribution in [2.45, 2.75) is 52.7 Å². The summed E-state index contributed by atoms with van der Waals surface area (Å²) in [6.07, 6.45) is 0.352. The number of halogens is 1. The van der Waals surface area contributed by atoms with Crippen LogP contribution in [0.1, 0.15) is 39.0 Å². The Morgan fingerprint density at radius 1 is 1.38 bits per heavy atom. The molecule has 2 rings (SSSR count). The van der Waals surface area contributed by atoms with E-state index in [1.807, 2.05) is 44.7 Å². The van der Waals surface area contributed by atoms with E-state index in [0.29, 0.717) is 13.0 Å². The van der Waals surface area contributed by atoms with Gasteiger partial charge in [0.25, 0.3) is 0 Å². The average Bonchev–Trinajstić information content (AvgIpc) is 2.71. The molecule has 0 aliphatic carbocycles. The van der Waals surface area contributed by atoms with Crippen molar-refractivity contribution >= 4 is 39.1 Å². The first kappa shape index (κ1) is 16.5. The number of nitrogens with zero attached hydrogens (tertiary/aromatic N) is 1. The Morgan fingerprint density at radius 3 is 2.57 bits per heavy atom. The lowest BCUT2D eigenvalue weighted by Gasteiger charge is -2.34. The molecule has 0 bridgehead atoms. The Labute approximate surface area is 138 Å². The summed E-state index contributed by atoms with van der Waals surface area (Å²) in [6, 6.07) is 3.43. The van der Waals surface area contributed by atoms with Crippen LogP contribution in [0.15, 0.2) is 15.9 Å². The normalized spacial score (nSPS) is 24.0. The van der Waals surface area contributed by atoms with Crippen molar-refractivity contribution in [2.24, 2.45) is 5.41 Å². The lowest BCUT2D eigenvalue weighted by Crippen LogP contribution is -2.52. The van der Waals surface area contributed by atoms with Gasteiger partial charge in [-0.1, -0.05) is 20.8 Å². The van der Waals surface area contributed by atoms with E-state index in [2.05, 4.69) is 21.2 Å². The zero-order valence-electron chi connectivity index (χ0n) is 12.8. The molecule has 0 saturated carbocycles. The fourth-order valence-corrected chi connectivity index (χ4v) is 3.95. The van der Waals surface area contributed by atoms with Crippen molar-refractivity contribution in [2.75, 3.05) is 0 Å². The molecule has 1 fully saturated rings. The smallest absolute Gasteiger partial charge is 0.246 e. The number of hydrogen-bond acceptors (Lipinski definition) is 3. The molecule has 1 aliphatic rings. The third-order valence-corrected chi connectivity index (χ3v) is 5.28. The van der Waals surface area contributed by atoms with Crippen molar-refractivity contribution in [1.82, 2.24) is 10.2 Å². The molecule has 21 heavy (non-hydrogen) atoms. The van der Waals surface area contributed by atoms with E-state index in [1.54, 1.807) is 11.3 Å². The number of carbonyl (C=O) groups excluding carboxylic acids is 2. The number of carbonyl (C=O) groups is 2. The van der Waals surface area contributed by atoms with Gasteiger partial charge in [0.15, 0.2) is 0 Å². The van der Waals surface area contributed by atoms with Gasteiger partial charge < -0.3 is 10.2 Å². The molecule has 116 valence electrons. The van der Waals surface area contributed by atoms with Gasteiger partial charge in [-0.15, -0.1) is 11.3 Å². The Morgan fingerprint density at radius 2 is 2.05 bits per heavy atom. The van der Waals surface area contributed by atoms with Gasteiger partial charge >= 0.3 is 0 Å². The third kappa shape index (κ3) is 3.86. The van der Waals surface area contributed by atoms with Crippen LogP contribution in [0.5, 0.6) is 0 Å². The highest BCUT2D eigenvalue weighted by molar-refractivity contribution is 9.11. The maximum absolute atomic E-state index is 12.9. The monoisotopic (exact) mass is 372 g/mol. The highest BCUT2D eigenvalue weighted by Crippen LogP contribution is 2.28. The van der Waals surface area contributed by atoms with E-state index in [9.17, 15) is 9.59 Å². The van der Waals surface area contributed by atoms with Crippen molar-refractivity contribution in [1.29, 1.82) is 0 Å². The van der Waals surface area contributed by atoms with Crippen molar-refractivity contribution in [3.63, 3.8) is 0 Å². The van der Waals surface area contributed by atoms with Crippen LogP contribution in [0, 0.1) is 5.41 Å². The molecule has 2 unspecified atom stereocenters. The Balaban J connectivity index is 2.28. The van der Waals surface area contributed by atoms with Crippen LogP contribution in [0.2, 0.25) is 0 Å². The van der Waals surface area contributed by atoms with E-state index in [0.717, 1.165) is 8.66 Å². The van der Waals surface area contributed by atoms with Crippen molar-refractivity contribution < 1.29 is 9.59 Å².